The van der Waals surface area contributed by atoms with E-state index in [9.17, 15) is 4.39 Å². The van der Waals surface area contributed by atoms with Crippen molar-refractivity contribution in [2.75, 3.05) is 26.7 Å². The summed E-state index contributed by atoms with van der Waals surface area (Å²) in [5, 5.41) is 3.18. The van der Waals surface area contributed by atoms with Crippen LogP contribution in [0.1, 0.15) is 30.0 Å². The quantitative estimate of drug-likeness (QED) is 0.914. The van der Waals surface area contributed by atoms with E-state index >= 15 is 0 Å². The summed E-state index contributed by atoms with van der Waals surface area (Å²) in [7, 11) is 1.92. The summed E-state index contributed by atoms with van der Waals surface area (Å²) in [4.78, 5) is 2.45. The second-order valence-electron chi connectivity index (χ2n) is 5.91. The highest BCUT2D eigenvalue weighted by Gasteiger charge is 2.41. The fourth-order valence-electron chi connectivity index (χ4n) is 3.21. The molecule has 0 bridgehead atoms. The molecule has 1 heterocycles. The number of nitrogens with zero attached hydrogens (tertiary/aromatic N) is 1. The molecule has 4 heteroatoms. The lowest BCUT2D eigenvalue weighted by Crippen LogP contribution is -2.49. The monoisotopic (exact) mass is 278 g/mol. The third-order valence-electron chi connectivity index (χ3n) is 4.28. The molecular weight excluding hydrogens is 255 g/mol. The van der Waals surface area contributed by atoms with Gasteiger partial charge in [-0.1, -0.05) is 17.7 Å². The van der Waals surface area contributed by atoms with Crippen molar-refractivity contribution in [3.05, 3.63) is 35.1 Å². The molecule has 0 spiro atoms. The van der Waals surface area contributed by atoms with E-state index in [1.807, 2.05) is 26.1 Å². The smallest absolute Gasteiger partial charge is 0.128 e. The number of nitrogens with one attached hydrogen (secondary N) is 1. The maximum Gasteiger partial charge on any atom is 0.128 e. The molecule has 2 unspecified atom stereocenters. The lowest BCUT2D eigenvalue weighted by molar-refractivity contribution is -0.0750. The van der Waals surface area contributed by atoms with Gasteiger partial charge in [-0.15, -0.1) is 0 Å². The summed E-state index contributed by atoms with van der Waals surface area (Å²) in [5.74, 6) is -0.113. The van der Waals surface area contributed by atoms with Crippen LogP contribution in [0.2, 0.25) is 0 Å². The van der Waals surface area contributed by atoms with Crippen LogP contribution in [-0.2, 0) is 4.74 Å². The van der Waals surface area contributed by atoms with Crippen LogP contribution in [0.3, 0.4) is 0 Å². The minimum absolute atomic E-state index is 0.0191. The summed E-state index contributed by atoms with van der Waals surface area (Å²) >= 11 is 0. The Labute approximate surface area is 120 Å². The number of hydrogen-bond acceptors (Lipinski definition) is 3. The molecule has 0 amide bonds. The number of hydrogen-bond donors (Lipinski definition) is 1. The molecule has 1 aliphatic heterocycles. The molecule has 1 N–H and O–H groups in total. The molecule has 0 aromatic heterocycles. The van der Waals surface area contributed by atoms with Gasteiger partial charge in [0.15, 0.2) is 0 Å². The van der Waals surface area contributed by atoms with Gasteiger partial charge in [-0.05, 0) is 32.9 Å². The number of likely N-dealkylation sites (N-methyl/N-ethyl adjacent to an activating group) is 1. The highest BCUT2D eigenvalue weighted by Crippen LogP contribution is 2.39. The number of morpholine rings is 1. The zero-order chi connectivity index (χ0) is 14.1. The fraction of sp³-hybridized carbons (Fsp3) is 0.625. The van der Waals surface area contributed by atoms with Gasteiger partial charge in [0.25, 0.3) is 0 Å². The number of benzene rings is 1. The van der Waals surface area contributed by atoms with Crippen molar-refractivity contribution < 1.29 is 9.13 Å². The Hall–Kier alpha value is -0.970. The average Bonchev–Trinajstić information content (AvgIpc) is 3.26. The Kier molecular flexibility index (Phi) is 4.06. The van der Waals surface area contributed by atoms with Crippen LogP contribution in [0.4, 0.5) is 4.39 Å². The molecule has 110 valence electrons. The van der Waals surface area contributed by atoms with E-state index in [2.05, 4.69) is 10.2 Å². The molecule has 1 saturated heterocycles. The van der Waals surface area contributed by atoms with Crippen molar-refractivity contribution in [1.82, 2.24) is 10.2 Å². The first-order valence-corrected chi connectivity index (χ1v) is 7.48. The van der Waals surface area contributed by atoms with Crippen molar-refractivity contribution in [3.63, 3.8) is 0 Å². The summed E-state index contributed by atoms with van der Waals surface area (Å²) in [5.41, 5.74) is 1.89. The van der Waals surface area contributed by atoms with E-state index in [1.165, 1.54) is 12.8 Å². The molecule has 1 saturated carbocycles. The molecule has 1 aromatic rings. The summed E-state index contributed by atoms with van der Waals surface area (Å²) in [6.07, 6.45) is 2.48. The highest BCUT2D eigenvalue weighted by molar-refractivity contribution is 5.28. The van der Waals surface area contributed by atoms with Gasteiger partial charge in [0, 0.05) is 24.7 Å². The third-order valence-corrected chi connectivity index (χ3v) is 4.28. The summed E-state index contributed by atoms with van der Waals surface area (Å²) in [6, 6.07) is 6.04. The third kappa shape index (κ3) is 2.73. The normalized spacial score (nSPS) is 27.8. The molecule has 2 fully saturated rings. The molecule has 3 rings (SSSR count). The Morgan fingerprint density at radius 2 is 2.20 bits per heavy atom. The van der Waals surface area contributed by atoms with Gasteiger partial charge >= 0.3 is 0 Å². The Bertz CT molecular complexity index is 474. The largest absolute Gasteiger partial charge is 0.374 e. The maximum absolute atomic E-state index is 14.3. The topological polar surface area (TPSA) is 24.5 Å². The van der Waals surface area contributed by atoms with Gasteiger partial charge in [0.05, 0.1) is 18.8 Å². The Morgan fingerprint density at radius 3 is 2.90 bits per heavy atom. The SMILES string of the molecule is CNCC1OCCN(C2CC2)C1c1cc(C)ccc1F. The predicted molar refractivity (Wildman–Crippen MR) is 77.3 cm³/mol. The molecule has 0 radical (unpaired) electrons. The van der Waals surface area contributed by atoms with Gasteiger partial charge < -0.3 is 10.1 Å². The summed E-state index contributed by atoms with van der Waals surface area (Å²) < 4.78 is 20.2. The molecular formula is C16H23FN2O. The lowest BCUT2D eigenvalue weighted by atomic mass is 9.95. The van der Waals surface area contributed by atoms with Crippen LogP contribution in [0, 0.1) is 12.7 Å². The molecule has 2 aliphatic rings. The van der Waals surface area contributed by atoms with E-state index in [0.717, 1.165) is 30.8 Å². The summed E-state index contributed by atoms with van der Waals surface area (Å²) in [6.45, 7) is 4.41. The molecule has 2 atom stereocenters. The van der Waals surface area contributed by atoms with Crippen molar-refractivity contribution in [1.29, 1.82) is 0 Å². The van der Waals surface area contributed by atoms with Crippen LogP contribution in [-0.4, -0.2) is 43.8 Å². The van der Waals surface area contributed by atoms with E-state index in [4.69, 9.17) is 4.74 Å². The van der Waals surface area contributed by atoms with Crippen LogP contribution in [0.5, 0.6) is 0 Å². The van der Waals surface area contributed by atoms with Gasteiger partial charge in [0.2, 0.25) is 0 Å². The second-order valence-corrected chi connectivity index (χ2v) is 5.91. The van der Waals surface area contributed by atoms with Gasteiger partial charge in [-0.25, -0.2) is 4.39 Å². The zero-order valence-corrected chi connectivity index (χ0v) is 12.2. The lowest BCUT2D eigenvalue weighted by Gasteiger charge is -2.42. The molecule has 1 aromatic carbocycles. The predicted octanol–water partition coefficient (Wildman–Crippen LogP) is 2.26. The first-order chi connectivity index (χ1) is 9.70. The van der Waals surface area contributed by atoms with Crippen molar-refractivity contribution in [2.45, 2.75) is 38.0 Å². The minimum Gasteiger partial charge on any atom is -0.374 e. The van der Waals surface area contributed by atoms with Crippen LogP contribution in [0.25, 0.3) is 0 Å². The number of ether oxygens (including phenoxy) is 1. The van der Waals surface area contributed by atoms with E-state index in [0.29, 0.717) is 6.04 Å². The Balaban J connectivity index is 1.95. The fourth-order valence-corrected chi connectivity index (χ4v) is 3.21. The second kappa shape index (κ2) is 5.80. The number of rotatable bonds is 4. The molecule has 3 nitrogen and oxygen atoms in total. The first-order valence-electron chi connectivity index (χ1n) is 7.48. The van der Waals surface area contributed by atoms with Crippen LogP contribution >= 0.6 is 0 Å². The van der Waals surface area contributed by atoms with E-state index < -0.39 is 0 Å². The van der Waals surface area contributed by atoms with Gasteiger partial charge in [0.1, 0.15) is 5.82 Å². The number of aryl methyl sites for hydroxylation is 1. The standard InChI is InChI=1S/C16H23FN2O/c1-11-3-6-14(17)13(9-11)16-15(10-18-2)20-8-7-19(16)12-4-5-12/h3,6,9,12,15-16,18H,4-5,7-8,10H2,1-2H3. The van der Waals surface area contributed by atoms with Crippen molar-refractivity contribution in [3.8, 4) is 0 Å². The first kappa shape index (κ1) is 14.0. The van der Waals surface area contributed by atoms with Crippen LogP contribution < -0.4 is 5.32 Å². The highest BCUT2D eigenvalue weighted by atomic mass is 19.1. The number of halogens is 1. The van der Waals surface area contributed by atoms with Crippen molar-refractivity contribution >= 4 is 0 Å². The average molecular weight is 278 g/mol. The van der Waals surface area contributed by atoms with Crippen LogP contribution in [0.15, 0.2) is 18.2 Å². The minimum atomic E-state index is -0.113. The molecule has 20 heavy (non-hydrogen) atoms. The van der Waals surface area contributed by atoms with Gasteiger partial charge in [-0.2, -0.15) is 0 Å². The van der Waals surface area contributed by atoms with Crippen molar-refractivity contribution in [2.24, 2.45) is 0 Å². The Morgan fingerprint density at radius 1 is 1.40 bits per heavy atom. The van der Waals surface area contributed by atoms with E-state index in [-0.39, 0.29) is 18.0 Å². The van der Waals surface area contributed by atoms with Gasteiger partial charge in [-0.3, -0.25) is 4.90 Å². The zero-order valence-electron chi connectivity index (χ0n) is 12.2. The maximum atomic E-state index is 14.3. The van der Waals surface area contributed by atoms with E-state index in [1.54, 1.807) is 6.07 Å². The molecule has 1 aliphatic carbocycles.